The number of hydrogen-bond acceptors (Lipinski definition) is 8. The van der Waals surface area contributed by atoms with Gasteiger partial charge in [0.05, 0.1) is 0 Å². The van der Waals surface area contributed by atoms with Gasteiger partial charge in [-0.05, 0) is 0 Å². The molecule has 0 spiro atoms. The number of anilines is 1. The third-order valence-electron chi connectivity index (χ3n) is 11.3. The van der Waals surface area contributed by atoms with Crippen LogP contribution in [-0.2, 0) is 29.9 Å². The summed E-state index contributed by atoms with van der Waals surface area (Å²) in [5.74, 6) is 0.984. The van der Waals surface area contributed by atoms with Crippen molar-refractivity contribution in [2.24, 2.45) is 5.41 Å². The van der Waals surface area contributed by atoms with Crippen LogP contribution in [0.5, 0.6) is 0 Å². The van der Waals surface area contributed by atoms with Crippen LogP contribution in [0.4, 0.5) is 5.82 Å². The third kappa shape index (κ3) is 7.57. The summed E-state index contributed by atoms with van der Waals surface area (Å²) in [7, 11) is 1.70. The Hall–Kier alpha value is -3.97. The van der Waals surface area contributed by atoms with Gasteiger partial charge in [0.2, 0.25) is 0 Å². The molecule has 1 fully saturated rings. The molecule has 3 aromatic carbocycles. The summed E-state index contributed by atoms with van der Waals surface area (Å²) in [6.45, 7) is 10.1. The molecule has 0 unspecified atom stereocenters. The summed E-state index contributed by atoms with van der Waals surface area (Å²) < 4.78 is 28.3. The van der Waals surface area contributed by atoms with Crippen molar-refractivity contribution in [2.45, 2.75) is 81.0 Å². The number of aromatic nitrogens is 2. The van der Waals surface area contributed by atoms with Gasteiger partial charge in [-0.2, -0.15) is 0 Å². The maximum absolute atomic E-state index is 14.2. The molecule has 3 atom stereocenters. The number of nitrogens with zero attached hydrogens (tertiary/aromatic N) is 2. The summed E-state index contributed by atoms with van der Waals surface area (Å²) >= 11 is -0.159. The second kappa shape index (κ2) is 16.5. The number of carbonyl (C=O) groups excluding carboxylic acids is 1. The Balaban J connectivity index is 1.44. The summed E-state index contributed by atoms with van der Waals surface area (Å²) in [6.07, 6.45) is 7.48. The molecule has 295 valence electrons. The van der Waals surface area contributed by atoms with Gasteiger partial charge in [0.25, 0.3) is 0 Å². The zero-order valence-corrected chi connectivity index (χ0v) is 36.1. The van der Waals surface area contributed by atoms with Gasteiger partial charge in [-0.15, -0.1) is 0 Å². The number of benzene rings is 3. The first-order valence-electron chi connectivity index (χ1n) is 18.7. The Bertz CT molecular complexity index is 2080. The van der Waals surface area contributed by atoms with E-state index >= 15 is 0 Å². The normalized spacial score (nSPS) is 22.2. The molecule has 2 heterocycles. The van der Waals surface area contributed by atoms with E-state index in [1.165, 1.54) is 0 Å². The molecule has 0 bridgehead atoms. The Morgan fingerprint density at radius 1 is 0.982 bits per heavy atom. The molecule has 2 N–H and O–H groups in total. The fraction of sp³-hybridized carbons (Fsp3) is 0.386. The van der Waals surface area contributed by atoms with Gasteiger partial charge in [0.15, 0.2) is 5.79 Å². The van der Waals surface area contributed by atoms with Crippen molar-refractivity contribution in [3.63, 3.8) is 0 Å². The summed E-state index contributed by atoms with van der Waals surface area (Å²) in [5, 5.41) is 14.7. The molecule has 2 aliphatic rings. The molecular weight excluding hydrogens is 790 g/mol. The van der Waals surface area contributed by atoms with E-state index < -0.39 is 48.3 Å². The zero-order valence-electron chi connectivity index (χ0n) is 33.4. The monoisotopic (exact) mass is 842 g/mol. The van der Waals surface area contributed by atoms with Crippen molar-refractivity contribution < 1.29 is 28.8 Å². The zero-order chi connectivity index (χ0) is 40.4. The van der Waals surface area contributed by atoms with Crippen LogP contribution in [0.15, 0.2) is 126 Å². The summed E-state index contributed by atoms with van der Waals surface area (Å²) in [5.41, 5.74) is -0.689. The molecular formula is C44H52N3O7SeSi. The predicted molar refractivity (Wildman–Crippen MR) is 222 cm³/mol. The van der Waals surface area contributed by atoms with Crippen molar-refractivity contribution in [3.8, 4) is 0 Å². The molecule has 56 heavy (non-hydrogen) atoms. The van der Waals surface area contributed by atoms with E-state index in [4.69, 9.17) is 18.9 Å². The fourth-order valence-corrected chi connectivity index (χ4v) is 10.4. The average molecular weight is 842 g/mol. The number of carbonyl (C=O) groups is 1. The standard InChI is InChI=1S/C44H52N3O7SeSi/c1-40(2,3)42(50)30-43(56(7)8,47-28-35(55-6)37(46-39(47)49)45-38(48)31-18-12-9-13-19-31)54-36(42)29-53-44(32-20-14-10-15-21-32,33-22-16-11-17-23-33)34-24-26-41(51-4,52-5)27-25-34/h9-26,28,36,50H,27,29-30H2,1-8H3,(H,45,46,48,49)/t36-,42+,43+/m1/s1. The second-order valence-electron chi connectivity index (χ2n) is 15.5. The van der Waals surface area contributed by atoms with Gasteiger partial charge in [-0.1, -0.05) is 12.1 Å². The maximum atomic E-state index is 14.2. The van der Waals surface area contributed by atoms with Crippen LogP contribution < -0.4 is 15.5 Å². The van der Waals surface area contributed by atoms with E-state index in [9.17, 15) is 14.7 Å². The van der Waals surface area contributed by atoms with Crippen LogP contribution in [0.3, 0.4) is 0 Å². The van der Waals surface area contributed by atoms with Gasteiger partial charge in [-0.25, -0.2) is 0 Å². The molecule has 1 radical (unpaired) electrons. The Labute approximate surface area is 337 Å². The van der Waals surface area contributed by atoms with E-state index in [1.807, 2.05) is 105 Å². The van der Waals surface area contributed by atoms with E-state index in [2.05, 4.69) is 29.5 Å². The molecule has 6 rings (SSSR count). The molecule has 1 amide bonds. The van der Waals surface area contributed by atoms with Gasteiger partial charge in [0.1, 0.15) is 0 Å². The number of aliphatic hydroxyl groups is 1. The van der Waals surface area contributed by atoms with Crippen LogP contribution in [0.2, 0.25) is 18.9 Å². The predicted octanol–water partition coefficient (Wildman–Crippen LogP) is 6.22. The van der Waals surface area contributed by atoms with Crippen LogP contribution in [0.25, 0.3) is 0 Å². The third-order valence-corrected chi connectivity index (χ3v) is 14.9. The van der Waals surface area contributed by atoms with E-state index in [1.54, 1.807) is 49.2 Å². The van der Waals surface area contributed by atoms with Gasteiger partial charge in [-0.3, -0.25) is 0 Å². The number of ether oxygens (including phenoxy) is 4. The molecule has 0 saturated carbocycles. The summed E-state index contributed by atoms with van der Waals surface area (Å²) in [6, 6.07) is 28.9. The van der Waals surface area contributed by atoms with Crippen molar-refractivity contribution >= 4 is 39.9 Å². The van der Waals surface area contributed by atoms with Crippen molar-refractivity contribution in [2.75, 3.05) is 26.1 Å². The van der Waals surface area contributed by atoms with Crippen LogP contribution in [0.1, 0.15) is 55.1 Å². The van der Waals surface area contributed by atoms with Crippen molar-refractivity contribution in [1.82, 2.24) is 9.55 Å². The number of rotatable bonds is 13. The molecule has 1 saturated heterocycles. The fourth-order valence-electron chi connectivity index (χ4n) is 7.70. The Morgan fingerprint density at radius 2 is 1.55 bits per heavy atom. The molecule has 12 heteroatoms. The van der Waals surface area contributed by atoms with Gasteiger partial charge >= 0.3 is 297 Å². The SMILES string of the molecule is COC1(OC)C=CC(C(OC[C@H]2O[C@](n3cc([Se]C)c(NC(=O)c4ccccc4)nc3=O)([Si](C)C)C[C@@]2(O)C(C)(C)C)(c2ccccc2)c2ccccc2)=CC1. The number of methoxy groups -OCH3 is 2. The van der Waals surface area contributed by atoms with E-state index in [0.29, 0.717) is 12.0 Å². The number of hydrogen-bond donors (Lipinski definition) is 2. The quantitative estimate of drug-likeness (QED) is 0.120. The molecule has 1 aliphatic heterocycles. The molecule has 1 aromatic heterocycles. The number of nitrogens with one attached hydrogen (secondary N) is 1. The van der Waals surface area contributed by atoms with E-state index in [-0.39, 0.29) is 39.7 Å². The molecule has 10 nitrogen and oxygen atoms in total. The first kappa shape index (κ1) is 41.7. The number of amides is 1. The Kier molecular flexibility index (Phi) is 12.3. The minimum absolute atomic E-state index is 0.0166. The topological polar surface area (TPSA) is 121 Å². The average Bonchev–Trinajstić information content (AvgIpc) is 3.54. The van der Waals surface area contributed by atoms with Crippen molar-refractivity contribution in [3.05, 3.63) is 148 Å². The van der Waals surface area contributed by atoms with Gasteiger partial charge in [0, 0.05) is 14.2 Å². The van der Waals surface area contributed by atoms with Crippen LogP contribution in [0, 0.1) is 5.41 Å². The van der Waals surface area contributed by atoms with Gasteiger partial charge < -0.3 is 9.47 Å². The first-order valence-corrected chi connectivity index (χ1v) is 23.8. The van der Waals surface area contributed by atoms with E-state index in [0.717, 1.165) is 21.2 Å². The minimum atomic E-state index is -1.55. The second-order valence-corrected chi connectivity index (χ2v) is 20.1. The summed E-state index contributed by atoms with van der Waals surface area (Å²) in [4.78, 5) is 31.8. The first-order chi connectivity index (χ1) is 26.7. The molecule has 1 aliphatic carbocycles. The van der Waals surface area contributed by atoms with Crippen LogP contribution >= 0.6 is 0 Å². The van der Waals surface area contributed by atoms with Crippen LogP contribution in [-0.4, -0.2) is 82.6 Å². The Morgan fingerprint density at radius 3 is 2.04 bits per heavy atom. The molecule has 4 aromatic rings. The van der Waals surface area contributed by atoms with Crippen molar-refractivity contribution in [1.29, 1.82) is 0 Å².